The molecule has 10 heteroatoms. The number of ether oxygens (including phenoxy) is 1. The van der Waals surface area contributed by atoms with E-state index in [4.69, 9.17) is 4.74 Å². The summed E-state index contributed by atoms with van der Waals surface area (Å²) in [5.41, 5.74) is -0.655. The quantitative estimate of drug-likeness (QED) is 0.333. The van der Waals surface area contributed by atoms with Crippen molar-refractivity contribution in [2.75, 3.05) is 0 Å². The second-order valence-electron chi connectivity index (χ2n) is 7.81. The fourth-order valence-electron chi connectivity index (χ4n) is 2.93. The number of nitro groups is 1. The number of nitrogens with zero attached hydrogens (tertiary/aromatic N) is 3. The molecule has 9 nitrogen and oxygen atoms in total. The molecule has 0 atom stereocenters. The SMILES string of the molecule is Cc1nn(C(C)(C)C)c(OC(=O)c2ccc([N+](=O)[O-])cc2)c1S(=O)(=O)c1ccccc1. The topological polar surface area (TPSA) is 121 Å². The number of esters is 1. The van der Waals surface area contributed by atoms with Gasteiger partial charge in [0.2, 0.25) is 15.7 Å². The lowest BCUT2D eigenvalue weighted by Crippen LogP contribution is -2.26. The highest BCUT2D eigenvalue weighted by atomic mass is 32.2. The Kier molecular flexibility index (Phi) is 5.68. The highest BCUT2D eigenvalue weighted by molar-refractivity contribution is 7.91. The second kappa shape index (κ2) is 7.95. The molecule has 2 aromatic carbocycles. The van der Waals surface area contributed by atoms with Crippen LogP contribution in [0.25, 0.3) is 0 Å². The molecule has 0 N–H and O–H groups in total. The normalized spacial score (nSPS) is 11.9. The fourth-order valence-corrected chi connectivity index (χ4v) is 4.47. The minimum absolute atomic E-state index is 0.0352. The van der Waals surface area contributed by atoms with Crippen molar-refractivity contribution < 1.29 is 22.9 Å². The van der Waals surface area contributed by atoms with Crippen molar-refractivity contribution in [3.05, 3.63) is 76.0 Å². The first-order valence-electron chi connectivity index (χ1n) is 9.30. The van der Waals surface area contributed by atoms with Crippen LogP contribution in [0.1, 0.15) is 36.8 Å². The molecule has 0 aliphatic carbocycles. The molecule has 31 heavy (non-hydrogen) atoms. The number of rotatable bonds is 5. The summed E-state index contributed by atoms with van der Waals surface area (Å²) in [6.07, 6.45) is 0. The third kappa shape index (κ3) is 4.33. The van der Waals surface area contributed by atoms with Crippen molar-refractivity contribution in [3.8, 4) is 5.88 Å². The number of sulfone groups is 1. The van der Waals surface area contributed by atoms with E-state index < -0.39 is 26.3 Å². The largest absolute Gasteiger partial charge is 0.403 e. The summed E-state index contributed by atoms with van der Waals surface area (Å²) in [4.78, 5) is 22.9. The van der Waals surface area contributed by atoms with Crippen LogP contribution < -0.4 is 4.74 Å². The van der Waals surface area contributed by atoms with Crippen molar-refractivity contribution in [1.82, 2.24) is 9.78 Å². The molecule has 0 saturated heterocycles. The van der Waals surface area contributed by atoms with Gasteiger partial charge in [-0.25, -0.2) is 17.9 Å². The minimum atomic E-state index is -4.04. The van der Waals surface area contributed by atoms with Crippen LogP contribution in [0.5, 0.6) is 5.88 Å². The first kappa shape index (κ1) is 22.2. The van der Waals surface area contributed by atoms with E-state index in [0.717, 1.165) is 0 Å². The molecule has 1 heterocycles. The molecule has 3 aromatic rings. The molecule has 0 radical (unpaired) electrons. The maximum absolute atomic E-state index is 13.3. The van der Waals surface area contributed by atoms with Gasteiger partial charge in [-0.05, 0) is 52.0 Å². The summed E-state index contributed by atoms with van der Waals surface area (Å²) in [5.74, 6) is -1.07. The number of benzene rings is 2. The van der Waals surface area contributed by atoms with Gasteiger partial charge in [-0.15, -0.1) is 0 Å². The molecule has 0 fully saturated rings. The molecule has 3 rings (SSSR count). The lowest BCUT2D eigenvalue weighted by atomic mass is 10.1. The molecule has 1 aromatic heterocycles. The van der Waals surface area contributed by atoms with E-state index in [1.807, 2.05) is 0 Å². The van der Waals surface area contributed by atoms with Crippen molar-refractivity contribution in [2.24, 2.45) is 0 Å². The molecule has 0 aliphatic heterocycles. The van der Waals surface area contributed by atoms with Crippen LogP contribution >= 0.6 is 0 Å². The van der Waals surface area contributed by atoms with Crippen LogP contribution in [0.2, 0.25) is 0 Å². The van der Waals surface area contributed by atoms with E-state index in [0.29, 0.717) is 0 Å². The van der Waals surface area contributed by atoms with Gasteiger partial charge in [0.25, 0.3) is 5.69 Å². The van der Waals surface area contributed by atoms with Crippen LogP contribution in [0.15, 0.2) is 64.4 Å². The van der Waals surface area contributed by atoms with Gasteiger partial charge >= 0.3 is 5.97 Å². The van der Waals surface area contributed by atoms with E-state index in [9.17, 15) is 23.3 Å². The second-order valence-corrected chi connectivity index (χ2v) is 9.70. The van der Waals surface area contributed by atoms with E-state index in [-0.39, 0.29) is 32.6 Å². The van der Waals surface area contributed by atoms with Gasteiger partial charge in [-0.3, -0.25) is 10.1 Å². The maximum atomic E-state index is 13.3. The van der Waals surface area contributed by atoms with E-state index in [2.05, 4.69) is 5.10 Å². The Labute approximate surface area is 179 Å². The summed E-state index contributed by atoms with van der Waals surface area (Å²) in [5, 5.41) is 15.2. The Morgan fingerprint density at radius 3 is 2.16 bits per heavy atom. The molecular weight excluding hydrogens is 422 g/mol. The Bertz CT molecular complexity index is 1240. The molecule has 0 aliphatic rings. The van der Waals surface area contributed by atoms with E-state index >= 15 is 0 Å². The lowest BCUT2D eigenvalue weighted by molar-refractivity contribution is -0.384. The summed E-state index contributed by atoms with van der Waals surface area (Å²) >= 11 is 0. The van der Waals surface area contributed by atoms with Crippen LogP contribution in [0.4, 0.5) is 5.69 Å². The van der Waals surface area contributed by atoms with Gasteiger partial charge in [0.1, 0.15) is 0 Å². The Balaban J connectivity index is 2.12. The zero-order chi connectivity index (χ0) is 23.0. The van der Waals surface area contributed by atoms with Crippen molar-refractivity contribution in [3.63, 3.8) is 0 Å². The zero-order valence-electron chi connectivity index (χ0n) is 17.4. The number of aromatic nitrogens is 2. The van der Waals surface area contributed by atoms with Crippen LogP contribution in [-0.2, 0) is 15.4 Å². The number of aryl methyl sites for hydroxylation is 1. The number of non-ortho nitro benzene ring substituents is 1. The van der Waals surface area contributed by atoms with Gasteiger partial charge in [-0.1, -0.05) is 18.2 Å². The number of carbonyl (C=O) groups excluding carboxylic acids is 1. The minimum Gasteiger partial charge on any atom is -0.403 e. The highest BCUT2D eigenvalue weighted by Gasteiger charge is 2.34. The number of hydrogen-bond donors (Lipinski definition) is 0. The van der Waals surface area contributed by atoms with Crippen LogP contribution in [-0.4, -0.2) is 29.1 Å². The lowest BCUT2D eigenvalue weighted by Gasteiger charge is -2.22. The van der Waals surface area contributed by atoms with Crippen molar-refractivity contribution in [1.29, 1.82) is 0 Å². The van der Waals surface area contributed by atoms with E-state index in [1.165, 1.54) is 48.0 Å². The van der Waals surface area contributed by atoms with E-state index in [1.54, 1.807) is 39.0 Å². The number of carbonyl (C=O) groups is 1. The number of nitro benzene ring substituents is 1. The maximum Gasteiger partial charge on any atom is 0.344 e. The average molecular weight is 443 g/mol. The molecule has 0 spiro atoms. The molecule has 0 unspecified atom stereocenters. The number of hydrogen-bond acceptors (Lipinski definition) is 7. The Hall–Kier alpha value is -3.53. The van der Waals surface area contributed by atoms with Gasteiger partial charge in [0.15, 0.2) is 4.90 Å². The molecule has 0 amide bonds. The highest BCUT2D eigenvalue weighted by Crippen LogP contribution is 2.36. The standard InChI is InChI=1S/C21H21N3O6S/c1-14-18(31(28,29)17-8-6-5-7-9-17)19(23(22-14)21(2,3)4)30-20(25)15-10-12-16(13-11-15)24(26)27/h5-13H,1-4H3. The van der Waals surface area contributed by atoms with Gasteiger partial charge in [0.05, 0.1) is 26.6 Å². The first-order chi connectivity index (χ1) is 14.4. The summed E-state index contributed by atoms with van der Waals surface area (Å²) < 4.78 is 33.5. The third-order valence-electron chi connectivity index (χ3n) is 4.43. The summed E-state index contributed by atoms with van der Waals surface area (Å²) in [7, 11) is -4.04. The molecule has 0 bridgehead atoms. The zero-order valence-corrected chi connectivity index (χ0v) is 18.2. The predicted octanol–water partition coefficient (Wildman–Crippen LogP) is 3.91. The Morgan fingerprint density at radius 1 is 1.06 bits per heavy atom. The summed E-state index contributed by atoms with van der Waals surface area (Å²) in [6.45, 7) is 6.91. The first-order valence-corrected chi connectivity index (χ1v) is 10.8. The van der Waals surface area contributed by atoms with Crippen molar-refractivity contribution in [2.45, 2.75) is 43.0 Å². The smallest absolute Gasteiger partial charge is 0.344 e. The molecule has 0 saturated carbocycles. The van der Waals surface area contributed by atoms with Crippen LogP contribution in [0, 0.1) is 17.0 Å². The van der Waals surface area contributed by atoms with Gasteiger partial charge in [-0.2, -0.15) is 5.10 Å². The van der Waals surface area contributed by atoms with Gasteiger partial charge in [0, 0.05) is 12.1 Å². The monoisotopic (exact) mass is 443 g/mol. The van der Waals surface area contributed by atoms with Crippen molar-refractivity contribution >= 4 is 21.5 Å². The van der Waals surface area contributed by atoms with Gasteiger partial charge < -0.3 is 4.74 Å². The third-order valence-corrected chi connectivity index (χ3v) is 6.33. The molecular formula is C21H21N3O6S. The fraction of sp³-hybridized carbons (Fsp3) is 0.238. The average Bonchev–Trinajstić information content (AvgIpc) is 3.05. The van der Waals surface area contributed by atoms with Crippen LogP contribution in [0.3, 0.4) is 0 Å². The Morgan fingerprint density at radius 2 is 1.65 bits per heavy atom. The predicted molar refractivity (Wildman–Crippen MR) is 112 cm³/mol. The molecule has 162 valence electrons. The summed E-state index contributed by atoms with van der Waals surface area (Å²) in [6, 6.07) is 12.6.